The van der Waals surface area contributed by atoms with E-state index in [1.807, 2.05) is 38.3 Å². The summed E-state index contributed by atoms with van der Waals surface area (Å²) in [5.74, 6) is 2.18. The highest BCUT2D eigenvalue weighted by Gasteiger charge is 2.08. The van der Waals surface area contributed by atoms with Gasteiger partial charge in [0.05, 0.1) is 0 Å². The zero-order chi connectivity index (χ0) is 14.5. The molecule has 1 N–H and O–H groups in total. The fourth-order valence-electron chi connectivity index (χ4n) is 1.77. The Hall–Kier alpha value is -1.75. The number of anilines is 1. The Morgan fingerprint density at radius 1 is 1.25 bits per heavy atom. The molecule has 0 amide bonds. The first-order valence-electron chi connectivity index (χ1n) is 6.55. The number of hydrogen-bond donors (Lipinski definition) is 1. The third kappa shape index (κ3) is 3.42. The Bertz CT molecular complexity index is 602. The Morgan fingerprint density at radius 2 is 2.05 bits per heavy atom. The van der Waals surface area contributed by atoms with Crippen LogP contribution in [0.1, 0.15) is 18.1 Å². The lowest BCUT2D eigenvalue weighted by atomic mass is 10.1. The Kier molecular flexibility index (Phi) is 4.84. The van der Waals surface area contributed by atoms with Crippen LogP contribution in [-0.2, 0) is 0 Å². The molecule has 0 saturated heterocycles. The summed E-state index contributed by atoms with van der Waals surface area (Å²) in [5.41, 5.74) is 2.33. The van der Waals surface area contributed by atoms with Gasteiger partial charge < -0.3 is 10.1 Å². The first-order chi connectivity index (χ1) is 9.63. The second-order valence-electron chi connectivity index (χ2n) is 4.41. The summed E-state index contributed by atoms with van der Waals surface area (Å²) in [7, 11) is 0. The summed E-state index contributed by atoms with van der Waals surface area (Å²) >= 11 is 1.50. The lowest BCUT2D eigenvalue weighted by Gasteiger charge is -2.11. The quantitative estimate of drug-likeness (QED) is 0.665. The predicted octanol–water partition coefficient (Wildman–Crippen LogP) is 4.04. The van der Waals surface area contributed by atoms with Gasteiger partial charge in [0.25, 0.3) is 0 Å². The summed E-state index contributed by atoms with van der Waals surface area (Å²) in [5, 5.41) is 3.89. The summed E-state index contributed by atoms with van der Waals surface area (Å²) in [6, 6.07) is 7.83. The minimum atomic E-state index is 0.564. The highest BCUT2D eigenvalue weighted by atomic mass is 32.2. The number of aryl methyl sites for hydroxylation is 1. The van der Waals surface area contributed by atoms with Crippen LogP contribution < -0.4 is 10.1 Å². The zero-order valence-corrected chi connectivity index (χ0v) is 13.0. The van der Waals surface area contributed by atoms with Gasteiger partial charge in [-0.3, -0.25) is 0 Å². The van der Waals surface area contributed by atoms with Gasteiger partial charge in [0, 0.05) is 12.6 Å². The average Bonchev–Trinajstić information content (AvgIpc) is 2.44. The molecular formula is C15H19N3OS. The molecular weight excluding hydrogens is 270 g/mol. The largest absolute Gasteiger partial charge is 0.439 e. The van der Waals surface area contributed by atoms with Crippen molar-refractivity contribution >= 4 is 17.6 Å². The molecule has 0 spiro atoms. The van der Waals surface area contributed by atoms with Gasteiger partial charge in [-0.15, -0.1) is 0 Å². The van der Waals surface area contributed by atoms with Crippen molar-refractivity contribution in [3.05, 3.63) is 35.4 Å². The second kappa shape index (κ2) is 6.61. The van der Waals surface area contributed by atoms with Gasteiger partial charge in [-0.1, -0.05) is 23.9 Å². The molecule has 0 saturated carbocycles. The van der Waals surface area contributed by atoms with Crippen LogP contribution >= 0.6 is 11.8 Å². The summed E-state index contributed by atoms with van der Waals surface area (Å²) in [4.78, 5) is 8.77. The number of aromatic nitrogens is 2. The van der Waals surface area contributed by atoms with Crippen molar-refractivity contribution in [1.82, 2.24) is 9.97 Å². The molecule has 1 aromatic heterocycles. The minimum Gasteiger partial charge on any atom is -0.439 e. The van der Waals surface area contributed by atoms with E-state index in [2.05, 4.69) is 28.3 Å². The van der Waals surface area contributed by atoms with Crippen LogP contribution in [0.15, 0.2) is 29.4 Å². The average molecular weight is 289 g/mol. The van der Waals surface area contributed by atoms with Crippen LogP contribution in [0, 0.1) is 13.8 Å². The number of nitrogens with one attached hydrogen (secondary N) is 1. The molecule has 106 valence electrons. The van der Waals surface area contributed by atoms with Crippen LogP contribution in [-0.4, -0.2) is 22.8 Å². The smallest absolute Gasteiger partial charge is 0.225 e. The fourth-order valence-corrected chi connectivity index (χ4v) is 2.14. The number of hydrogen-bond acceptors (Lipinski definition) is 5. The van der Waals surface area contributed by atoms with Gasteiger partial charge in [-0.05, 0) is 44.2 Å². The van der Waals surface area contributed by atoms with Gasteiger partial charge in [0.15, 0.2) is 5.16 Å². The molecule has 4 nitrogen and oxygen atoms in total. The van der Waals surface area contributed by atoms with Crippen LogP contribution in [0.3, 0.4) is 0 Å². The van der Waals surface area contributed by atoms with Crippen molar-refractivity contribution in [2.45, 2.75) is 25.9 Å². The second-order valence-corrected chi connectivity index (χ2v) is 5.18. The maximum Gasteiger partial charge on any atom is 0.225 e. The van der Waals surface area contributed by atoms with Gasteiger partial charge in [0.2, 0.25) is 5.88 Å². The number of ether oxygens (including phenoxy) is 1. The van der Waals surface area contributed by atoms with Gasteiger partial charge in [-0.2, -0.15) is 4.98 Å². The first-order valence-corrected chi connectivity index (χ1v) is 7.77. The number of rotatable bonds is 5. The van der Waals surface area contributed by atoms with Crippen LogP contribution in [0.2, 0.25) is 0 Å². The number of thioether (sulfide) groups is 1. The van der Waals surface area contributed by atoms with E-state index in [0.717, 1.165) is 23.7 Å². The SMILES string of the molecule is CCNc1cc(Oc2cccc(C)c2C)nc(SC)n1. The normalized spacial score (nSPS) is 10.4. The Morgan fingerprint density at radius 3 is 2.75 bits per heavy atom. The number of benzene rings is 1. The molecule has 1 aromatic carbocycles. The topological polar surface area (TPSA) is 47.0 Å². The van der Waals surface area contributed by atoms with E-state index in [1.165, 1.54) is 17.3 Å². The highest BCUT2D eigenvalue weighted by molar-refractivity contribution is 7.98. The fraction of sp³-hybridized carbons (Fsp3) is 0.333. The molecule has 1 heterocycles. The van der Waals surface area contributed by atoms with Crippen molar-refractivity contribution < 1.29 is 4.74 Å². The van der Waals surface area contributed by atoms with E-state index >= 15 is 0 Å². The van der Waals surface area contributed by atoms with Gasteiger partial charge >= 0.3 is 0 Å². The summed E-state index contributed by atoms with van der Waals surface area (Å²) in [6.07, 6.45) is 1.95. The molecule has 0 aliphatic rings. The van der Waals surface area contributed by atoms with E-state index in [-0.39, 0.29) is 0 Å². The maximum atomic E-state index is 5.92. The van der Waals surface area contributed by atoms with Crippen molar-refractivity contribution in [2.75, 3.05) is 18.1 Å². The van der Waals surface area contributed by atoms with Crippen molar-refractivity contribution in [2.24, 2.45) is 0 Å². The molecule has 20 heavy (non-hydrogen) atoms. The van der Waals surface area contributed by atoms with Crippen molar-refractivity contribution in [3.63, 3.8) is 0 Å². The Labute approximate surface area is 124 Å². The zero-order valence-electron chi connectivity index (χ0n) is 12.2. The third-order valence-electron chi connectivity index (χ3n) is 2.99. The monoisotopic (exact) mass is 289 g/mol. The van der Waals surface area contributed by atoms with Gasteiger partial charge in [0.1, 0.15) is 11.6 Å². The molecule has 2 rings (SSSR count). The molecule has 5 heteroatoms. The van der Waals surface area contributed by atoms with E-state index in [0.29, 0.717) is 11.0 Å². The molecule has 0 aliphatic carbocycles. The predicted molar refractivity (Wildman–Crippen MR) is 84.0 cm³/mol. The van der Waals surface area contributed by atoms with E-state index in [4.69, 9.17) is 4.74 Å². The Balaban J connectivity index is 2.32. The molecule has 0 aliphatic heterocycles. The highest BCUT2D eigenvalue weighted by Crippen LogP contribution is 2.28. The lowest BCUT2D eigenvalue weighted by molar-refractivity contribution is 0.452. The van der Waals surface area contributed by atoms with Crippen LogP contribution in [0.25, 0.3) is 0 Å². The standard InChI is InChI=1S/C15H19N3OS/c1-5-16-13-9-14(18-15(17-13)20-4)19-12-8-6-7-10(2)11(12)3/h6-9H,5H2,1-4H3,(H,16,17,18). The van der Waals surface area contributed by atoms with E-state index < -0.39 is 0 Å². The summed E-state index contributed by atoms with van der Waals surface area (Å²) < 4.78 is 5.92. The van der Waals surface area contributed by atoms with E-state index in [1.54, 1.807) is 0 Å². The molecule has 0 fully saturated rings. The van der Waals surface area contributed by atoms with Gasteiger partial charge in [-0.25, -0.2) is 4.98 Å². The maximum absolute atomic E-state index is 5.92. The van der Waals surface area contributed by atoms with E-state index in [9.17, 15) is 0 Å². The first kappa shape index (κ1) is 14.7. The van der Waals surface area contributed by atoms with Crippen LogP contribution in [0.4, 0.5) is 5.82 Å². The summed E-state index contributed by atoms with van der Waals surface area (Å²) in [6.45, 7) is 6.96. The lowest BCUT2D eigenvalue weighted by Crippen LogP contribution is -2.02. The molecule has 0 bridgehead atoms. The molecule has 0 radical (unpaired) electrons. The third-order valence-corrected chi connectivity index (χ3v) is 3.54. The molecule has 0 unspecified atom stereocenters. The molecule has 0 atom stereocenters. The van der Waals surface area contributed by atoms with Crippen molar-refractivity contribution in [3.8, 4) is 11.6 Å². The van der Waals surface area contributed by atoms with Crippen LogP contribution in [0.5, 0.6) is 11.6 Å². The number of nitrogens with zero attached hydrogens (tertiary/aromatic N) is 2. The van der Waals surface area contributed by atoms with Crippen molar-refractivity contribution in [1.29, 1.82) is 0 Å². The minimum absolute atomic E-state index is 0.564. The molecule has 2 aromatic rings.